The molecule has 1 fully saturated rings. The summed E-state index contributed by atoms with van der Waals surface area (Å²) >= 11 is 0. The molecule has 0 aliphatic carbocycles. The van der Waals surface area contributed by atoms with Gasteiger partial charge in [0.25, 0.3) is 5.91 Å². The minimum Gasteiger partial charge on any atom is -0.481 e. The summed E-state index contributed by atoms with van der Waals surface area (Å²) in [5, 5.41) is 2.73. The molecule has 2 heterocycles. The smallest absolute Gasteiger partial charge is 0.266 e. The van der Waals surface area contributed by atoms with Gasteiger partial charge < -0.3 is 15.0 Å². The molecule has 1 amide bonds. The first kappa shape index (κ1) is 18.1. The highest BCUT2D eigenvalue weighted by molar-refractivity contribution is 5.93. The van der Waals surface area contributed by atoms with Crippen molar-refractivity contribution in [3.8, 4) is 5.75 Å². The number of hydrogen-bond acceptors (Lipinski definition) is 5. The van der Waals surface area contributed by atoms with Crippen molar-refractivity contribution in [3.63, 3.8) is 0 Å². The number of rotatable bonds is 5. The zero-order valence-corrected chi connectivity index (χ0v) is 15.0. The van der Waals surface area contributed by atoms with Crippen molar-refractivity contribution in [1.82, 2.24) is 9.97 Å². The van der Waals surface area contributed by atoms with E-state index in [9.17, 15) is 9.18 Å². The molecule has 7 heteroatoms. The lowest BCUT2D eigenvalue weighted by atomic mass is 9.99. The van der Waals surface area contributed by atoms with E-state index in [0.717, 1.165) is 37.7 Å². The van der Waals surface area contributed by atoms with Crippen LogP contribution in [0, 0.1) is 11.7 Å². The Hall–Kier alpha value is -2.70. The molecule has 138 valence electrons. The summed E-state index contributed by atoms with van der Waals surface area (Å²) < 4.78 is 18.7. The third-order valence-corrected chi connectivity index (χ3v) is 4.49. The lowest BCUT2D eigenvalue weighted by Gasteiger charge is -2.31. The minimum atomic E-state index is -0.786. The SMILES string of the molecule is CC1CCN(c2cc(NC(=O)C(C)Oc3cccc(F)c3)ncn2)CC1. The summed E-state index contributed by atoms with van der Waals surface area (Å²) in [5.41, 5.74) is 0. The second-order valence-corrected chi connectivity index (χ2v) is 6.64. The molecule has 1 saturated heterocycles. The number of anilines is 2. The molecule has 0 bridgehead atoms. The van der Waals surface area contributed by atoms with Crippen LogP contribution in [0.5, 0.6) is 5.75 Å². The average Bonchev–Trinajstić information content (AvgIpc) is 2.62. The van der Waals surface area contributed by atoms with Crippen LogP contribution in [0.2, 0.25) is 0 Å². The quantitative estimate of drug-likeness (QED) is 0.889. The lowest BCUT2D eigenvalue weighted by Crippen LogP contribution is -2.34. The molecule has 0 radical (unpaired) electrons. The number of carbonyl (C=O) groups is 1. The van der Waals surface area contributed by atoms with Gasteiger partial charge in [-0.25, -0.2) is 14.4 Å². The molecular weight excluding hydrogens is 335 g/mol. The highest BCUT2D eigenvalue weighted by atomic mass is 19.1. The molecule has 1 aliphatic rings. The number of benzene rings is 1. The maximum absolute atomic E-state index is 13.2. The van der Waals surface area contributed by atoms with Gasteiger partial charge in [0.15, 0.2) is 6.10 Å². The van der Waals surface area contributed by atoms with E-state index in [4.69, 9.17) is 4.74 Å². The molecular formula is C19H23FN4O2. The average molecular weight is 358 g/mol. The van der Waals surface area contributed by atoms with Crippen molar-refractivity contribution in [2.75, 3.05) is 23.3 Å². The lowest BCUT2D eigenvalue weighted by molar-refractivity contribution is -0.122. The second kappa shape index (κ2) is 8.12. The van der Waals surface area contributed by atoms with Crippen molar-refractivity contribution in [3.05, 3.63) is 42.5 Å². The molecule has 1 unspecified atom stereocenters. The molecule has 3 rings (SSSR count). The van der Waals surface area contributed by atoms with E-state index in [1.54, 1.807) is 19.1 Å². The van der Waals surface area contributed by atoms with Crippen LogP contribution in [-0.2, 0) is 4.79 Å². The first-order chi connectivity index (χ1) is 12.5. The van der Waals surface area contributed by atoms with Crippen molar-refractivity contribution >= 4 is 17.5 Å². The van der Waals surface area contributed by atoms with Crippen molar-refractivity contribution in [1.29, 1.82) is 0 Å². The van der Waals surface area contributed by atoms with Gasteiger partial charge in [0.2, 0.25) is 0 Å². The third-order valence-electron chi connectivity index (χ3n) is 4.49. The number of amides is 1. The number of aromatic nitrogens is 2. The highest BCUT2D eigenvalue weighted by Crippen LogP contribution is 2.22. The predicted molar refractivity (Wildman–Crippen MR) is 97.8 cm³/mol. The summed E-state index contributed by atoms with van der Waals surface area (Å²) in [5.74, 6) is 1.50. The van der Waals surface area contributed by atoms with Gasteiger partial charge in [0.1, 0.15) is 29.5 Å². The Bertz CT molecular complexity index is 763. The van der Waals surface area contributed by atoms with E-state index >= 15 is 0 Å². The van der Waals surface area contributed by atoms with E-state index in [2.05, 4.69) is 27.1 Å². The van der Waals surface area contributed by atoms with Gasteiger partial charge in [-0.15, -0.1) is 0 Å². The summed E-state index contributed by atoms with van der Waals surface area (Å²) in [4.78, 5) is 22.9. The molecule has 6 nitrogen and oxygen atoms in total. The Balaban J connectivity index is 1.61. The van der Waals surface area contributed by atoms with Crippen molar-refractivity contribution < 1.29 is 13.9 Å². The van der Waals surface area contributed by atoms with Crippen LogP contribution in [0.25, 0.3) is 0 Å². The van der Waals surface area contributed by atoms with Gasteiger partial charge >= 0.3 is 0 Å². The normalized spacial score (nSPS) is 16.2. The maximum atomic E-state index is 13.2. The van der Waals surface area contributed by atoms with Crippen LogP contribution in [-0.4, -0.2) is 35.1 Å². The van der Waals surface area contributed by atoms with E-state index in [-0.39, 0.29) is 5.91 Å². The largest absolute Gasteiger partial charge is 0.481 e. The Labute approximate surface area is 152 Å². The Morgan fingerprint density at radius 3 is 2.81 bits per heavy atom. The van der Waals surface area contributed by atoms with Crippen molar-refractivity contribution in [2.45, 2.75) is 32.8 Å². The Kier molecular flexibility index (Phi) is 5.65. The van der Waals surface area contributed by atoms with Crippen LogP contribution < -0.4 is 15.0 Å². The highest BCUT2D eigenvalue weighted by Gasteiger charge is 2.19. The number of nitrogens with zero attached hydrogens (tertiary/aromatic N) is 3. The molecule has 26 heavy (non-hydrogen) atoms. The number of nitrogens with one attached hydrogen (secondary N) is 1. The van der Waals surface area contributed by atoms with Crippen LogP contribution in [0.4, 0.5) is 16.0 Å². The molecule has 2 aromatic rings. The molecule has 1 aromatic carbocycles. The van der Waals surface area contributed by atoms with E-state index in [0.29, 0.717) is 11.6 Å². The first-order valence-electron chi connectivity index (χ1n) is 8.81. The van der Waals surface area contributed by atoms with Crippen molar-refractivity contribution in [2.24, 2.45) is 5.92 Å². The molecule has 0 spiro atoms. The fourth-order valence-corrected chi connectivity index (χ4v) is 2.85. The number of halogens is 1. The van der Waals surface area contributed by atoms with Gasteiger partial charge in [-0.2, -0.15) is 0 Å². The fourth-order valence-electron chi connectivity index (χ4n) is 2.85. The minimum absolute atomic E-state index is 0.304. The van der Waals surface area contributed by atoms with Crippen LogP contribution in [0.3, 0.4) is 0 Å². The molecule has 1 N–H and O–H groups in total. The summed E-state index contributed by atoms with van der Waals surface area (Å²) in [6.07, 6.45) is 2.92. The van der Waals surface area contributed by atoms with Crippen LogP contribution in [0.1, 0.15) is 26.7 Å². The zero-order valence-electron chi connectivity index (χ0n) is 15.0. The Morgan fingerprint density at radius 2 is 2.08 bits per heavy atom. The number of ether oxygens (including phenoxy) is 1. The summed E-state index contributed by atoms with van der Waals surface area (Å²) in [6.45, 7) is 5.76. The first-order valence-corrected chi connectivity index (χ1v) is 8.81. The van der Waals surface area contributed by atoms with Gasteiger partial charge in [0, 0.05) is 25.2 Å². The fraction of sp³-hybridized carbons (Fsp3) is 0.421. The Morgan fingerprint density at radius 1 is 1.31 bits per heavy atom. The molecule has 1 aliphatic heterocycles. The van der Waals surface area contributed by atoms with Gasteiger partial charge in [0.05, 0.1) is 0 Å². The molecule has 1 atom stereocenters. The number of carbonyl (C=O) groups excluding carboxylic acids is 1. The monoisotopic (exact) mass is 358 g/mol. The van der Waals surface area contributed by atoms with Gasteiger partial charge in [-0.1, -0.05) is 13.0 Å². The topological polar surface area (TPSA) is 67.4 Å². The summed E-state index contributed by atoms with van der Waals surface area (Å²) in [6, 6.07) is 7.46. The standard InChI is InChI=1S/C19H23FN4O2/c1-13-6-8-24(9-7-13)18-11-17(21-12-22-18)23-19(25)14(2)26-16-5-3-4-15(20)10-16/h3-5,10-14H,6-9H2,1-2H3,(H,21,22,23,25). The number of piperidine rings is 1. The second-order valence-electron chi connectivity index (χ2n) is 6.64. The van der Waals surface area contributed by atoms with Gasteiger partial charge in [-0.3, -0.25) is 4.79 Å². The predicted octanol–water partition coefficient (Wildman–Crippen LogP) is 3.26. The van der Waals surface area contributed by atoms with E-state index in [1.165, 1.54) is 24.5 Å². The van der Waals surface area contributed by atoms with Crippen LogP contribution >= 0.6 is 0 Å². The number of hydrogen-bond donors (Lipinski definition) is 1. The molecule has 1 aromatic heterocycles. The summed E-state index contributed by atoms with van der Waals surface area (Å²) in [7, 11) is 0. The maximum Gasteiger partial charge on any atom is 0.266 e. The van der Waals surface area contributed by atoms with Crippen LogP contribution in [0.15, 0.2) is 36.7 Å². The third kappa shape index (κ3) is 4.68. The van der Waals surface area contributed by atoms with Gasteiger partial charge in [-0.05, 0) is 37.8 Å². The molecule has 0 saturated carbocycles. The van der Waals surface area contributed by atoms with E-state index < -0.39 is 11.9 Å². The van der Waals surface area contributed by atoms with E-state index in [1.807, 2.05) is 0 Å². The zero-order chi connectivity index (χ0) is 18.5.